The van der Waals surface area contributed by atoms with Crippen LogP contribution < -0.4 is 0 Å². The van der Waals surface area contributed by atoms with Crippen molar-refractivity contribution in [3.63, 3.8) is 0 Å². The third-order valence-electron chi connectivity index (χ3n) is 5.24. The summed E-state index contributed by atoms with van der Waals surface area (Å²) < 4.78 is 0. The molecule has 0 aliphatic heterocycles. The average Bonchev–Trinajstić information content (AvgIpc) is 2.98. The minimum Gasteiger partial charge on any atom is -0.159 e. The standard InChI is InChI=1S/C24H14N12/c1-5-16(30-25-10-1)15-9-14-29-34-22(15)24-21(18-7-3-12-27-32-18)20(17-6-2-11-26-31-17)23(35-36-24)19-8-4-13-28-33-19/h1-14H. The van der Waals surface area contributed by atoms with E-state index in [4.69, 9.17) is 0 Å². The summed E-state index contributed by atoms with van der Waals surface area (Å²) in [4.78, 5) is 0. The van der Waals surface area contributed by atoms with Crippen LogP contribution in [0, 0.1) is 0 Å². The zero-order valence-electron chi connectivity index (χ0n) is 18.4. The molecule has 0 spiro atoms. The molecule has 6 aromatic rings. The van der Waals surface area contributed by atoms with Gasteiger partial charge in [0.1, 0.15) is 22.8 Å². The molecule has 0 radical (unpaired) electrons. The van der Waals surface area contributed by atoms with E-state index in [9.17, 15) is 0 Å². The predicted octanol–water partition coefficient (Wildman–Crippen LogP) is 2.76. The third-order valence-corrected chi connectivity index (χ3v) is 5.24. The first kappa shape index (κ1) is 21.0. The third kappa shape index (κ3) is 3.88. The summed E-state index contributed by atoms with van der Waals surface area (Å²) in [6.07, 6.45) is 7.96. The summed E-state index contributed by atoms with van der Waals surface area (Å²) in [6, 6.07) is 16.2. The number of hydrogen-bond donors (Lipinski definition) is 0. The van der Waals surface area contributed by atoms with Gasteiger partial charge in [0.05, 0.1) is 23.3 Å². The maximum atomic E-state index is 4.59. The first-order valence-corrected chi connectivity index (χ1v) is 10.7. The van der Waals surface area contributed by atoms with Gasteiger partial charge in [0.2, 0.25) is 0 Å². The van der Waals surface area contributed by atoms with Gasteiger partial charge in [0.25, 0.3) is 0 Å². The zero-order valence-corrected chi connectivity index (χ0v) is 18.4. The van der Waals surface area contributed by atoms with Crippen molar-refractivity contribution in [2.45, 2.75) is 0 Å². The molecule has 0 atom stereocenters. The average molecular weight is 470 g/mol. The molecule has 0 saturated carbocycles. The number of aromatic nitrogens is 12. The van der Waals surface area contributed by atoms with Crippen LogP contribution >= 0.6 is 0 Å². The van der Waals surface area contributed by atoms with Crippen molar-refractivity contribution < 1.29 is 0 Å². The number of rotatable bonds is 5. The van der Waals surface area contributed by atoms with Crippen molar-refractivity contribution >= 4 is 0 Å². The molecule has 6 aromatic heterocycles. The van der Waals surface area contributed by atoms with E-state index in [1.54, 1.807) is 67.4 Å². The van der Waals surface area contributed by atoms with E-state index in [1.165, 1.54) is 0 Å². The Morgan fingerprint density at radius 1 is 0.333 bits per heavy atom. The highest BCUT2D eigenvalue weighted by Gasteiger charge is 2.27. The largest absolute Gasteiger partial charge is 0.159 e. The Balaban J connectivity index is 1.73. The fourth-order valence-corrected chi connectivity index (χ4v) is 3.74. The van der Waals surface area contributed by atoms with Crippen molar-refractivity contribution in [2.75, 3.05) is 0 Å². The molecule has 170 valence electrons. The highest BCUT2D eigenvalue weighted by atomic mass is 15.2. The highest BCUT2D eigenvalue weighted by Crippen LogP contribution is 2.42. The lowest BCUT2D eigenvalue weighted by molar-refractivity contribution is 0.962. The van der Waals surface area contributed by atoms with Gasteiger partial charge in [-0.1, -0.05) is 0 Å². The summed E-state index contributed by atoms with van der Waals surface area (Å²) in [5.74, 6) is 0. The van der Waals surface area contributed by atoms with Crippen LogP contribution in [-0.2, 0) is 0 Å². The zero-order chi connectivity index (χ0) is 24.2. The van der Waals surface area contributed by atoms with Crippen LogP contribution in [0.3, 0.4) is 0 Å². The van der Waals surface area contributed by atoms with Gasteiger partial charge in [-0.15, -0.1) is 20.4 Å². The van der Waals surface area contributed by atoms with Crippen LogP contribution in [0.1, 0.15) is 0 Å². The molecule has 0 saturated heterocycles. The number of nitrogens with zero attached hydrogens (tertiary/aromatic N) is 12. The van der Waals surface area contributed by atoms with Gasteiger partial charge in [0, 0.05) is 41.5 Å². The van der Waals surface area contributed by atoms with Gasteiger partial charge in [0.15, 0.2) is 0 Å². The monoisotopic (exact) mass is 470 g/mol. The molecule has 0 unspecified atom stereocenters. The lowest BCUT2D eigenvalue weighted by Crippen LogP contribution is -2.06. The fraction of sp³-hybridized carbons (Fsp3) is 0. The SMILES string of the molecule is c1cnnc(-c2ccnnc2-c2nnc(-c3cccnn3)c(-c3cccnn3)c2-c2cccnn2)c1. The molecular weight excluding hydrogens is 456 g/mol. The molecular formula is C24H14N12. The van der Waals surface area contributed by atoms with E-state index in [0.717, 1.165) is 0 Å². The van der Waals surface area contributed by atoms with Crippen LogP contribution in [0.5, 0.6) is 0 Å². The summed E-state index contributed by atoms with van der Waals surface area (Å²) >= 11 is 0. The molecule has 0 fully saturated rings. The Hall–Kier alpha value is -5.52. The molecule has 12 heteroatoms. The van der Waals surface area contributed by atoms with Gasteiger partial charge in [-0.2, -0.15) is 40.8 Å². The first-order chi connectivity index (χ1) is 17.9. The molecule has 12 nitrogen and oxygen atoms in total. The fourth-order valence-electron chi connectivity index (χ4n) is 3.74. The smallest absolute Gasteiger partial charge is 0.124 e. The van der Waals surface area contributed by atoms with Crippen LogP contribution in [0.15, 0.2) is 85.6 Å². The summed E-state index contributed by atoms with van der Waals surface area (Å²) in [6.45, 7) is 0. The van der Waals surface area contributed by atoms with Crippen LogP contribution in [0.4, 0.5) is 0 Å². The van der Waals surface area contributed by atoms with Gasteiger partial charge >= 0.3 is 0 Å². The molecule has 6 rings (SSSR count). The van der Waals surface area contributed by atoms with E-state index in [1.807, 2.05) is 18.2 Å². The van der Waals surface area contributed by atoms with Crippen LogP contribution in [0.25, 0.3) is 56.5 Å². The number of hydrogen-bond acceptors (Lipinski definition) is 12. The van der Waals surface area contributed by atoms with Gasteiger partial charge in [-0.05, 0) is 54.6 Å². The van der Waals surface area contributed by atoms with Gasteiger partial charge in [-0.3, -0.25) is 0 Å². The van der Waals surface area contributed by atoms with Crippen molar-refractivity contribution in [1.29, 1.82) is 0 Å². The Bertz CT molecular complexity index is 1620. The lowest BCUT2D eigenvalue weighted by Gasteiger charge is -2.16. The molecule has 0 N–H and O–H groups in total. The van der Waals surface area contributed by atoms with Crippen molar-refractivity contribution in [1.82, 2.24) is 61.2 Å². The second-order valence-electron chi connectivity index (χ2n) is 7.38. The Labute approximate surface area is 203 Å². The molecule has 0 amide bonds. The topological polar surface area (TPSA) is 155 Å². The van der Waals surface area contributed by atoms with E-state index in [2.05, 4.69) is 61.2 Å². The van der Waals surface area contributed by atoms with E-state index in [0.29, 0.717) is 56.5 Å². The van der Waals surface area contributed by atoms with E-state index in [-0.39, 0.29) is 0 Å². The van der Waals surface area contributed by atoms with Crippen molar-refractivity contribution in [2.24, 2.45) is 0 Å². The first-order valence-electron chi connectivity index (χ1n) is 10.7. The minimum atomic E-state index is 0.414. The van der Waals surface area contributed by atoms with Crippen molar-refractivity contribution in [3.05, 3.63) is 85.6 Å². The minimum absolute atomic E-state index is 0.414. The molecule has 0 aliphatic carbocycles. The Morgan fingerprint density at radius 3 is 1.36 bits per heavy atom. The quantitative estimate of drug-likeness (QED) is 0.364. The Kier molecular flexibility index (Phi) is 5.48. The molecule has 6 heterocycles. The normalized spacial score (nSPS) is 10.8. The Morgan fingerprint density at radius 2 is 0.806 bits per heavy atom. The van der Waals surface area contributed by atoms with E-state index >= 15 is 0 Å². The highest BCUT2D eigenvalue weighted by molar-refractivity contribution is 5.97. The van der Waals surface area contributed by atoms with Gasteiger partial charge < -0.3 is 0 Å². The van der Waals surface area contributed by atoms with Crippen LogP contribution in [-0.4, -0.2) is 61.2 Å². The predicted molar refractivity (Wildman–Crippen MR) is 127 cm³/mol. The maximum absolute atomic E-state index is 4.59. The van der Waals surface area contributed by atoms with Gasteiger partial charge in [-0.25, -0.2) is 0 Å². The second-order valence-corrected chi connectivity index (χ2v) is 7.38. The lowest BCUT2D eigenvalue weighted by atomic mass is 9.94. The van der Waals surface area contributed by atoms with Crippen molar-refractivity contribution in [3.8, 4) is 56.5 Å². The molecule has 0 aliphatic rings. The summed E-state index contributed by atoms with van der Waals surface area (Å²) in [7, 11) is 0. The molecule has 36 heavy (non-hydrogen) atoms. The summed E-state index contributed by atoms with van der Waals surface area (Å²) in [5, 5.41) is 51.1. The second kappa shape index (κ2) is 9.38. The maximum Gasteiger partial charge on any atom is 0.124 e. The molecule has 0 bridgehead atoms. The molecule has 0 aromatic carbocycles. The van der Waals surface area contributed by atoms with E-state index < -0.39 is 0 Å². The van der Waals surface area contributed by atoms with Crippen LogP contribution in [0.2, 0.25) is 0 Å². The summed E-state index contributed by atoms with van der Waals surface area (Å²) in [5.41, 5.74) is 5.37.